The van der Waals surface area contributed by atoms with E-state index in [1.54, 1.807) is 0 Å². The molecule has 20 heavy (non-hydrogen) atoms. The Hall–Kier alpha value is -2.16. The normalized spacial score (nSPS) is 10.3. The van der Waals surface area contributed by atoms with Crippen LogP contribution < -0.4 is 15.4 Å². The number of likely N-dealkylation sites (N-methyl/N-ethyl adjacent to an activating group) is 1. The van der Waals surface area contributed by atoms with Crippen molar-refractivity contribution in [2.24, 2.45) is 0 Å². The molecule has 106 valence electrons. The van der Waals surface area contributed by atoms with E-state index in [4.69, 9.17) is 10.5 Å². The summed E-state index contributed by atoms with van der Waals surface area (Å²) in [4.78, 5) is 2.11. The zero-order chi connectivity index (χ0) is 14.5. The van der Waals surface area contributed by atoms with Crippen LogP contribution in [0.2, 0.25) is 0 Å². The number of hydrogen-bond acceptors (Lipinski definition) is 3. The predicted octanol–water partition coefficient (Wildman–Crippen LogP) is 3.40. The summed E-state index contributed by atoms with van der Waals surface area (Å²) in [6.07, 6.45) is 0. The summed E-state index contributed by atoms with van der Waals surface area (Å²) in [6, 6.07) is 14.0. The van der Waals surface area contributed by atoms with Gasteiger partial charge in [0.15, 0.2) is 0 Å². The van der Waals surface area contributed by atoms with Gasteiger partial charge in [0.1, 0.15) is 12.4 Å². The monoisotopic (exact) mass is 270 g/mol. The Kier molecular flexibility index (Phi) is 4.51. The first-order chi connectivity index (χ1) is 9.59. The third kappa shape index (κ3) is 3.23. The zero-order valence-corrected chi connectivity index (χ0v) is 12.4. The Morgan fingerprint density at radius 3 is 2.55 bits per heavy atom. The fourth-order valence-corrected chi connectivity index (χ4v) is 2.13. The van der Waals surface area contributed by atoms with E-state index >= 15 is 0 Å². The Bertz CT molecular complexity index is 581. The highest BCUT2D eigenvalue weighted by Crippen LogP contribution is 2.22. The molecule has 0 atom stereocenters. The van der Waals surface area contributed by atoms with Crippen molar-refractivity contribution in [2.45, 2.75) is 13.8 Å². The van der Waals surface area contributed by atoms with Gasteiger partial charge in [-0.1, -0.05) is 24.3 Å². The molecule has 3 nitrogen and oxygen atoms in total. The molecule has 0 radical (unpaired) electrons. The van der Waals surface area contributed by atoms with Crippen LogP contribution in [-0.4, -0.2) is 20.2 Å². The standard InChI is InChI=1S/C17H22N2O/c1-13-7-6-10-17(14(13)2)20-12-11-19(3)16-9-5-4-8-15(16)18/h4-10H,11-12,18H2,1-3H3. The average Bonchev–Trinajstić information content (AvgIpc) is 2.44. The highest BCUT2D eigenvalue weighted by atomic mass is 16.5. The summed E-state index contributed by atoms with van der Waals surface area (Å²) in [7, 11) is 2.03. The number of ether oxygens (including phenoxy) is 1. The van der Waals surface area contributed by atoms with Gasteiger partial charge in [0.2, 0.25) is 0 Å². The molecule has 0 amide bonds. The first-order valence-electron chi connectivity index (χ1n) is 6.84. The molecule has 2 aromatic carbocycles. The number of para-hydroxylation sites is 2. The molecule has 0 saturated heterocycles. The lowest BCUT2D eigenvalue weighted by Crippen LogP contribution is -2.24. The van der Waals surface area contributed by atoms with Crippen molar-refractivity contribution in [3.8, 4) is 5.75 Å². The molecule has 2 N–H and O–H groups in total. The van der Waals surface area contributed by atoms with Gasteiger partial charge >= 0.3 is 0 Å². The molecule has 3 heteroatoms. The van der Waals surface area contributed by atoms with Gasteiger partial charge in [0.25, 0.3) is 0 Å². The first kappa shape index (κ1) is 14.3. The van der Waals surface area contributed by atoms with Gasteiger partial charge in [-0.05, 0) is 43.2 Å². The van der Waals surface area contributed by atoms with Crippen LogP contribution in [0.25, 0.3) is 0 Å². The number of rotatable bonds is 5. The van der Waals surface area contributed by atoms with Crippen molar-refractivity contribution < 1.29 is 4.74 Å². The maximum Gasteiger partial charge on any atom is 0.122 e. The fraction of sp³-hybridized carbons (Fsp3) is 0.294. The van der Waals surface area contributed by atoms with Crippen LogP contribution in [0.1, 0.15) is 11.1 Å². The summed E-state index contributed by atoms with van der Waals surface area (Å²) in [5.41, 5.74) is 10.3. The molecule has 0 bridgehead atoms. The number of hydrogen-bond donors (Lipinski definition) is 1. The van der Waals surface area contributed by atoms with E-state index in [0.29, 0.717) is 6.61 Å². The molecule has 0 spiro atoms. The predicted molar refractivity (Wildman–Crippen MR) is 85.5 cm³/mol. The second-order valence-electron chi connectivity index (χ2n) is 5.03. The summed E-state index contributed by atoms with van der Waals surface area (Å²) < 4.78 is 5.87. The van der Waals surface area contributed by atoms with Crippen molar-refractivity contribution in [1.82, 2.24) is 0 Å². The van der Waals surface area contributed by atoms with Gasteiger partial charge in [-0.25, -0.2) is 0 Å². The molecule has 0 saturated carbocycles. The molecule has 0 aromatic heterocycles. The van der Waals surface area contributed by atoms with Gasteiger partial charge in [-0.2, -0.15) is 0 Å². The van der Waals surface area contributed by atoms with E-state index < -0.39 is 0 Å². The number of aryl methyl sites for hydroxylation is 1. The number of anilines is 2. The summed E-state index contributed by atoms with van der Waals surface area (Å²) in [6.45, 7) is 5.61. The second-order valence-corrected chi connectivity index (χ2v) is 5.03. The van der Waals surface area contributed by atoms with Crippen LogP contribution in [-0.2, 0) is 0 Å². The van der Waals surface area contributed by atoms with E-state index in [2.05, 4.69) is 24.8 Å². The van der Waals surface area contributed by atoms with Crippen molar-refractivity contribution in [3.63, 3.8) is 0 Å². The molecule has 0 aliphatic rings. The Morgan fingerprint density at radius 2 is 1.80 bits per heavy atom. The maximum absolute atomic E-state index is 5.97. The van der Waals surface area contributed by atoms with Gasteiger partial charge in [-0.3, -0.25) is 0 Å². The summed E-state index contributed by atoms with van der Waals surface area (Å²) in [5.74, 6) is 0.958. The lowest BCUT2D eigenvalue weighted by atomic mass is 10.1. The van der Waals surface area contributed by atoms with Crippen LogP contribution in [0.5, 0.6) is 5.75 Å². The van der Waals surface area contributed by atoms with Crippen LogP contribution in [0, 0.1) is 13.8 Å². The molecule has 0 fully saturated rings. The minimum atomic E-state index is 0.634. The van der Waals surface area contributed by atoms with E-state index in [1.807, 2.05) is 43.4 Å². The number of benzene rings is 2. The van der Waals surface area contributed by atoms with Crippen LogP contribution in [0.4, 0.5) is 11.4 Å². The highest BCUT2D eigenvalue weighted by molar-refractivity contribution is 5.66. The molecule has 0 aliphatic carbocycles. The van der Waals surface area contributed by atoms with E-state index in [9.17, 15) is 0 Å². The van der Waals surface area contributed by atoms with Crippen LogP contribution in [0.3, 0.4) is 0 Å². The van der Waals surface area contributed by atoms with Crippen LogP contribution in [0.15, 0.2) is 42.5 Å². The Balaban J connectivity index is 1.93. The van der Waals surface area contributed by atoms with Gasteiger partial charge in [-0.15, -0.1) is 0 Å². The highest BCUT2D eigenvalue weighted by Gasteiger charge is 2.05. The molecule has 0 heterocycles. The lowest BCUT2D eigenvalue weighted by Gasteiger charge is -2.21. The number of nitrogens with two attached hydrogens (primary N) is 1. The van der Waals surface area contributed by atoms with Crippen molar-refractivity contribution >= 4 is 11.4 Å². The van der Waals surface area contributed by atoms with E-state index in [0.717, 1.165) is 23.7 Å². The molecule has 0 unspecified atom stereocenters. The first-order valence-corrected chi connectivity index (χ1v) is 6.84. The molecule has 0 aliphatic heterocycles. The maximum atomic E-state index is 5.97. The smallest absolute Gasteiger partial charge is 0.122 e. The average molecular weight is 270 g/mol. The SMILES string of the molecule is Cc1cccc(OCCN(C)c2ccccc2N)c1C. The third-order valence-electron chi connectivity index (χ3n) is 3.59. The van der Waals surface area contributed by atoms with Crippen molar-refractivity contribution in [2.75, 3.05) is 30.8 Å². The minimum absolute atomic E-state index is 0.634. The van der Waals surface area contributed by atoms with Gasteiger partial charge in [0, 0.05) is 7.05 Å². The molecule has 2 aromatic rings. The topological polar surface area (TPSA) is 38.5 Å². The number of nitrogen functional groups attached to an aromatic ring is 1. The minimum Gasteiger partial charge on any atom is -0.491 e. The summed E-state index contributed by atoms with van der Waals surface area (Å²) in [5, 5.41) is 0. The molecular formula is C17H22N2O. The Morgan fingerprint density at radius 1 is 1.05 bits per heavy atom. The van der Waals surface area contributed by atoms with Crippen molar-refractivity contribution in [3.05, 3.63) is 53.6 Å². The Labute approximate surface area is 121 Å². The molecular weight excluding hydrogens is 248 g/mol. The lowest BCUT2D eigenvalue weighted by molar-refractivity contribution is 0.323. The second kappa shape index (κ2) is 6.33. The quantitative estimate of drug-likeness (QED) is 0.846. The number of nitrogens with zero attached hydrogens (tertiary/aromatic N) is 1. The van der Waals surface area contributed by atoms with E-state index in [-0.39, 0.29) is 0 Å². The van der Waals surface area contributed by atoms with Gasteiger partial charge in [0.05, 0.1) is 17.9 Å². The fourth-order valence-electron chi connectivity index (χ4n) is 2.13. The van der Waals surface area contributed by atoms with Crippen molar-refractivity contribution in [1.29, 1.82) is 0 Å². The summed E-state index contributed by atoms with van der Waals surface area (Å²) >= 11 is 0. The molecule has 2 rings (SSSR count). The largest absolute Gasteiger partial charge is 0.491 e. The van der Waals surface area contributed by atoms with Crippen LogP contribution >= 0.6 is 0 Å². The third-order valence-corrected chi connectivity index (χ3v) is 3.59. The zero-order valence-electron chi connectivity index (χ0n) is 12.4. The van der Waals surface area contributed by atoms with E-state index in [1.165, 1.54) is 11.1 Å². The van der Waals surface area contributed by atoms with Gasteiger partial charge < -0.3 is 15.4 Å².